The third-order valence-electron chi connectivity index (χ3n) is 2.68. The fourth-order valence-corrected chi connectivity index (χ4v) is 0.872. The maximum Gasteiger partial charge on any atom is 0.233 e. The van der Waals surface area contributed by atoms with Crippen LogP contribution in [0.25, 0.3) is 0 Å². The van der Waals surface area contributed by atoms with E-state index < -0.39 is 5.41 Å². The Hall–Kier alpha value is -0.860. The molecule has 0 aromatic rings. The van der Waals surface area contributed by atoms with E-state index in [4.69, 9.17) is 0 Å². The lowest BCUT2D eigenvalue weighted by atomic mass is 9.73. The summed E-state index contributed by atoms with van der Waals surface area (Å²) >= 11 is 0. The van der Waals surface area contributed by atoms with Crippen molar-refractivity contribution in [3.63, 3.8) is 0 Å². The Balaban J connectivity index is 3.07. The molecular formula is C8H14N2O. The summed E-state index contributed by atoms with van der Waals surface area (Å²) in [4.78, 5) is 15.5. The van der Waals surface area contributed by atoms with Crippen molar-refractivity contribution in [2.24, 2.45) is 10.4 Å². The van der Waals surface area contributed by atoms with Gasteiger partial charge < -0.3 is 5.32 Å². The van der Waals surface area contributed by atoms with Crippen LogP contribution in [-0.2, 0) is 4.79 Å². The summed E-state index contributed by atoms with van der Waals surface area (Å²) in [5, 5.41) is 2.60. The molecule has 0 radical (unpaired) electrons. The van der Waals surface area contributed by atoms with Gasteiger partial charge >= 0.3 is 0 Å². The van der Waals surface area contributed by atoms with Gasteiger partial charge in [0.25, 0.3) is 0 Å². The third-order valence-corrected chi connectivity index (χ3v) is 2.68. The Labute approximate surface area is 66.9 Å². The van der Waals surface area contributed by atoms with E-state index in [9.17, 15) is 4.79 Å². The maximum atomic E-state index is 11.3. The Morgan fingerprint density at radius 2 is 1.91 bits per heavy atom. The number of hydrogen-bond acceptors (Lipinski definition) is 2. The molecule has 1 rings (SSSR count). The predicted molar refractivity (Wildman–Crippen MR) is 44.5 cm³/mol. The van der Waals surface area contributed by atoms with Crippen molar-refractivity contribution in [3.05, 3.63) is 0 Å². The van der Waals surface area contributed by atoms with Crippen molar-refractivity contribution < 1.29 is 4.79 Å². The van der Waals surface area contributed by atoms with Crippen LogP contribution in [0.15, 0.2) is 4.99 Å². The normalized spacial score (nSPS) is 26.4. The minimum absolute atomic E-state index is 0.0394. The number of nitrogens with one attached hydrogen (secondary N) is 1. The fraction of sp³-hybridized carbons (Fsp3) is 0.750. The van der Waals surface area contributed by atoms with Gasteiger partial charge in [-0.25, -0.2) is 0 Å². The van der Waals surface area contributed by atoms with Gasteiger partial charge in [0.15, 0.2) is 0 Å². The topological polar surface area (TPSA) is 41.5 Å². The predicted octanol–water partition coefficient (Wildman–Crippen LogP) is 0.949. The van der Waals surface area contributed by atoms with Crippen molar-refractivity contribution >= 4 is 12.2 Å². The number of nitrogens with zero attached hydrogens (tertiary/aromatic N) is 1. The van der Waals surface area contributed by atoms with E-state index in [1.807, 2.05) is 27.7 Å². The van der Waals surface area contributed by atoms with Crippen molar-refractivity contribution in [3.8, 4) is 0 Å². The van der Waals surface area contributed by atoms with E-state index in [0.29, 0.717) is 0 Å². The Morgan fingerprint density at radius 3 is 2.27 bits per heavy atom. The first-order valence-corrected chi connectivity index (χ1v) is 3.72. The van der Waals surface area contributed by atoms with Crippen LogP contribution in [0.5, 0.6) is 0 Å². The van der Waals surface area contributed by atoms with Crippen molar-refractivity contribution in [2.45, 2.75) is 33.2 Å². The standard InChI is InChI=1S/C8H14N2O/c1-7(2)6(11)9-5-10-8(7,3)4/h5H,1-4H3,(H,9,10,11). The second-order valence-electron chi connectivity index (χ2n) is 3.92. The highest BCUT2D eigenvalue weighted by Gasteiger charge is 2.44. The van der Waals surface area contributed by atoms with Gasteiger partial charge in [0.05, 0.1) is 17.3 Å². The van der Waals surface area contributed by atoms with Gasteiger partial charge in [0.2, 0.25) is 5.91 Å². The number of carbonyl (C=O) groups excluding carboxylic acids is 1. The number of rotatable bonds is 0. The zero-order valence-corrected chi connectivity index (χ0v) is 7.43. The first-order chi connectivity index (χ1) is 4.88. The van der Waals surface area contributed by atoms with E-state index in [0.717, 1.165) is 0 Å². The minimum atomic E-state index is -0.415. The molecule has 0 spiro atoms. The largest absolute Gasteiger partial charge is 0.317 e. The van der Waals surface area contributed by atoms with E-state index in [1.165, 1.54) is 6.34 Å². The Kier molecular flexibility index (Phi) is 1.54. The minimum Gasteiger partial charge on any atom is -0.317 e. The molecule has 0 bridgehead atoms. The molecule has 0 unspecified atom stereocenters. The van der Waals surface area contributed by atoms with Crippen LogP contribution in [0.3, 0.4) is 0 Å². The summed E-state index contributed by atoms with van der Waals surface area (Å²) in [6, 6.07) is 0. The second-order valence-corrected chi connectivity index (χ2v) is 3.92. The highest BCUT2D eigenvalue weighted by Crippen LogP contribution is 2.35. The molecule has 0 fully saturated rings. The molecule has 0 aliphatic carbocycles. The molecule has 0 atom stereocenters. The number of carbonyl (C=O) groups is 1. The zero-order valence-electron chi connectivity index (χ0n) is 7.43. The van der Waals surface area contributed by atoms with Crippen LogP contribution in [0.1, 0.15) is 27.7 Å². The van der Waals surface area contributed by atoms with Gasteiger partial charge in [0, 0.05) is 0 Å². The highest BCUT2D eigenvalue weighted by molar-refractivity contribution is 5.94. The molecule has 11 heavy (non-hydrogen) atoms. The molecule has 3 nitrogen and oxygen atoms in total. The van der Waals surface area contributed by atoms with Crippen LogP contribution < -0.4 is 5.32 Å². The average Bonchev–Trinajstić information content (AvgIpc) is 1.84. The SMILES string of the molecule is CC1(C)N=CNC(=O)C1(C)C. The summed E-state index contributed by atoms with van der Waals surface area (Å²) in [7, 11) is 0. The number of aliphatic imine (C=N–C) groups is 1. The molecule has 1 heterocycles. The van der Waals surface area contributed by atoms with E-state index in [-0.39, 0.29) is 11.4 Å². The van der Waals surface area contributed by atoms with Crippen LogP contribution in [0.4, 0.5) is 0 Å². The lowest BCUT2D eigenvalue weighted by Crippen LogP contribution is -2.53. The van der Waals surface area contributed by atoms with Crippen molar-refractivity contribution in [1.82, 2.24) is 5.32 Å². The quantitative estimate of drug-likeness (QED) is 0.554. The molecule has 1 aliphatic heterocycles. The van der Waals surface area contributed by atoms with Crippen LogP contribution in [0.2, 0.25) is 0 Å². The monoisotopic (exact) mass is 154 g/mol. The van der Waals surface area contributed by atoms with Gasteiger partial charge in [-0.3, -0.25) is 9.79 Å². The van der Waals surface area contributed by atoms with E-state index in [1.54, 1.807) is 0 Å². The van der Waals surface area contributed by atoms with Gasteiger partial charge in [-0.1, -0.05) is 0 Å². The lowest BCUT2D eigenvalue weighted by Gasteiger charge is -2.39. The van der Waals surface area contributed by atoms with Crippen molar-refractivity contribution in [2.75, 3.05) is 0 Å². The first kappa shape index (κ1) is 8.24. The summed E-state index contributed by atoms with van der Waals surface area (Å²) in [6.45, 7) is 7.72. The van der Waals surface area contributed by atoms with Crippen molar-refractivity contribution in [1.29, 1.82) is 0 Å². The highest BCUT2D eigenvalue weighted by atomic mass is 16.2. The van der Waals surface area contributed by atoms with E-state index >= 15 is 0 Å². The maximum absolute atomic E-state index is 11.3. The summed E-state index contributed by atoms with van der Waals surface area (Å²) in [5.74, 6) is 0.0394. The molecule has 62 valence electrons. The molecule has 1 amide bonds. The summed E-state index contributed by atoms with van der Waals surface area (Å²) < 4.78 is 0. The lowest BCUT2D eigenvalue weighted by molar-refractivity contribution is -0.131. The van der Waals surface area contributed by atoms with Gasteiger partial charge in [-0.15, -0.1) is 0 Å². The average molecular weight is 154 g/mol. The number of amides is 1. The van der Waals surface area contributed by atoms with Gasteiger partial charge in [-0.2, -0.15) is 0 Å². The molecular weight excluding hydrogens is 140 g/mol. The zero-order chi connectivity index (χ0) is 8.70. The van der Waals surface area contributed by atoms with Gasteiger partial charge in [-0.05, 0) is 27.7 Å². The fourth-order valence-electron chi connectivity index (χ4n) is 0.872. The molecule has 3 heteroatoms. The van der Waals surface area contributed by atoms with Crippen LogP contribution >= 0.6 is 0 Å². The molecule has 0 saturated heterocycles. The molecule has 1 N–H and O–H groups in total. The molecule has 0 aromatic heterocycles. The van der Waals surface area contributed by atoms with E-state index in [2.05, 4.69) is 10.3 Å². The summed E-state index contributed by atoms with van der Waals surface area (Å²) in [5.41, 5.74) is -0.711. The smallest absolute Gasteiger partial charge is 0.233 e. The third kappa shape index (κ3) is 1.04. The summed E-state index contributed by atoms with van der Waals surface area (Å²) in [6.07, 6.45) is 1.48. The first-order valence-electron chi connectivity index (χ1n) is 3.72. The molecule has 0 saturated carbocycles. The molecule has 0 aromatic carbocycles. The van der Waals surface area contributed by atoms with Crippen LogP contribution in [0, 0.1) is 5.41 Å². The molecule has 1 aliphatic rings. The second kappa shape index (κ2) is 2.06. The Bertz CT molecular complexity index is 216. The van der Waals surface area contributed by atoms with Gasteiger partial charge in [0.1, 0.15) is 0 Å². The van der Waals surface area contributed by atoms with Crippen LogP contribution in [-0.4, -0.2) is 17.8 Å². The Morgan fingerprint density at radius 1 is 1.36 bits per heavy atom. The number of hydrogen-bond donors (Lipinski definition) is 1.